The number of halogens is 1. The highest BCUT2D eigenvalue weighted by atomic mass is 35.5. The first-order valence-corrected chi connectivity index (χ1v) is 5.00. The third kappa shape index (κ3) is 2.94. The van der Waals surface area contributed by atoms with E-state index in [0.717, 1.165) is 5.56 Å². The van der Waals surface area contributed by atoms with Gasteiger partial charge in [-0.1, -0.05) is 17.7 Å². The maximum atomic E-state index is 8.89. The van der Waals surface area contributed by atoms with Crippen molar-refractivity contribution in [1.82, 2.24) is 10.3 Å². The first kappa shape index (κ1) is 11.4. The Balaban J connectivity index is 2.69. The zero-order valence-corrected chi connectivity index (χ0v) is 9.12. The van der Waals surface area contributed by atoms with Gasteiger partial charge in [-0.2, -0.15) is 0 Å². The number of nitrogens with zero attached hydrogens (tertiary/aromatic N) is 1. The van der Waals surface area contributed by atoms with Crippen molar-refractivity contribution in [3.8, 4) is 0 Å². The third-order valence-corrected chi connectivity index (χ3v) is 2.38. The van der Waals surface area contributed by atoms with Gasteiger partial charge < -0.3 is 10.4 Å². The molecule has 0 aliphatic heterocycles. The van der Waals surface area contributed by atoms with E-state index in [4.69, 9.17) is 16.7 Å². The Labute approximate surface area is 89.1 Å². The number of aliphatic hydroxyl groups is 1. The molecule has 14 heavy (non-hydrogen) atoms. The summed E-state index contributed by atoms with van der Waals surface area (Å²) in [5.74, 6) is 0. The summed E-state index contributed by atoms with van der Waals surface area (Å²) in [5, 5.41) is 12.6. The minimum Gasteiger partial charge on any atom is -0.395 e. The molecule has 0 spiro atoms. The van der Waals surface area contributed by atoms with Crippen LogP contribution in [0.15, 0.2) is 18.3 Å². The molecule has 0 saturated heterocycles. The molecule has 0 bridgehead atoms. The van der Waals surface area contributed by atoms with Crippen LogP contribution in [0.5, 0.6) is 0 Å². The quantitative estimate of drug-likeness (QED) is 0.751. The average Bonchev–Trinajstić information content (AvgIpc) is 2.18. The lowest BCUT2D eigenvalue weighted by Gasteiger charge is -2.18. The van der Waals surface area contributed by atoms with Crippen molar-refractivity contribution in [2.45, 2.75) is 25.9 Å². The van der Waals surface area contributed by atoms with E-state index in [9.17, 15) is 0 Å². The average molecular weight is 215 g/mol. The monoisotopic (exact) mass is 214 g/mol. The molecule has 2 unspecified atom stereocenters. The molecule has 0 amide bonds. The van der Waals surface area contributed by atoms with E-state index in [-0.39, 0.29) is 18.7 Å². The van der Waals surface area contributed by atoms with E-state index in [1.54, 1.807) is 6.20 Å². The van der Waals surface area contributed by atoms with Gasteiger partial charge in [0.05, 0.1) is 6.61 Å². The first-order chi connectivity index (χ1) is 6.65. The molecule has 0 aliphatic rings. The fourth-order valence-corrected chi connectivity index (χ4v) is 1.57. The van der Waals surface area contributed by atoms with E-state index in [1.807, 2.05) is 26.0 Å². The van der Waals surface area contributed by atoms with Gasteiger partial charge in [-0.3, -0.25) is 0 Å². The Hall–Kier alpha value is -0.640. The topological polar surface area (TPSA) is 45.1 Å². The SMILES string of the molecule is CC(CO)NC(C)c1cccnc1Cl. The maximum Gasteiger partial charge on any atom is 0.133 e. The number of nitrogens with one attached hydrogen (secondary N) is 1. The molecule has 4 heteroatoms. The van der Waals surface area contributed by atoms with Crippen LogP contribution in [-0.4, -0.2) is 22.7 Å². The Morgan fingerprint density at radius 2 is 2.29 bits per heavy atom. The second-order valence-electron chi connectivity index (χ2n) is 3.36. The Bertz CT molecular complexity index is 293. The summed E-state index contributed by atoms with van der Waals surface area (Å²) in [6, 6.07) is 3.93. The first-order valence-electron chi connectivity index (χ1n) is 4.62. The van der Waals surface area contributed by atoms with Crippen LogP contribution in [0, 0.1) is 0 Å². The molecular formula is C10H15ClN2O. The fourth-order valence-electron chi connectivity index (χ4n) is 1.29. The van der Waals surface area contributed by atoms with Gasteiger partial charge in [0.25, 0.3) is 0 Å². The lowest BCUT2D eigenvalue weighted by molar-refractivity contribution is 0.243. The van der Waals surface area contributed by atoms with Crippen LogP contribution in [0.4, 0.5) is 0 Å². The number of pyridine rings is 1. The molecule has 0 aromatic carbocycles. The van der Waals surface area contributed by atoms with Crippen molar-refractivity contribution in [2.24, 2.45) is 0 Å². The van der Waals surface area contributed by atoms with E-state index in [0.29, 0.717) is 5.15 Å². The van der Waals surface area contributed by atoms with Crippen LogP contribution in [0.25, 0.3) is 0 Å². The molecule has 3 nitrogen and oxygen atoms in total. The van der Waals surface area contributed by atoms with Crippen LogP contribution in [0.1, 0.15) is 25.5 Å². The number of aliphatic hydroxyl groups excluding tert-OH is 1. The van der Waals surface area contributed by atoms with Crippen molar-refractivity contribution >= 4 is 11.6 Å². The minimum atomic E-state index is 0.0567. The van der Waals surface area contributed by atoms with Gasteiger partial charge in [0, 0.05) is 23.8 Å². The van der Waals surface area contributed by atoms with Crippen molar-refractivity contribution < 1.29 is 5.11 Å². The summed E-state index contributed by atoms with van der Waals surface area (Å²) in [4.78, 5) is 4.00. The molecule has 0 fully saturated rings. The fraction of sp³-hybridized carbons (Fsp3) is 0.500. The lowest BCUT2D eigenvalue weighted by atomic mass is 10.1. The van der Waals surface area contributed by atoms with Gasteiger partial charge in [0.2, 0.25) is 0 Å². The summed E-state index contributed by atoms with van der Waals surface area (Å²) in [5.41, 5.74) is 0.953. The standard InChI is InChI=1S/C10H15ClN2O/c1-7(6-14)13-8(2)9-4-3-5-12-10(9)11/h3-5,7-8,13-14H,6H2,1-2H3. The normalized spacial score (nSPS) is 15.1. The van der Waals surface area contributed by atoms with E-state index in [2.05, 4.69) is 10.3 Å². The van der Waals surface area contributed by atoms with Gasteiger partial charge >= 0.3 is 0 Å². The van der Waals surface area contributed by atoms with Crippen molar-refractivity contribution in [3.05, 3.63) is 29.0 Å². The van der Waals surface area contributed by atoms with Crippen molar-refractivity contribution in [3.63, 3.8) is 0 Å². The number of rotatable bonds is 4. The predicted octanol–water partition coefficient (Wildman–Crippen LogP) is 1.77. The minimum absolute atomic E-state index is 0.0567. The van der Waals surface area contributed by atoms with E-state index in [1.165, 1.54) is 0 Å². The van der Waals surface area contributed by atoms with Crippen LogP contribution < -0.4 is 5.32 Å². The molecule has 0 aliphatic carbocycles. The molecule has 2 N–H and O–H groups in total. The third-order valence-electron chi connectivity index (χ3n) is 2.06. The van der Waals surface area contributed by atoms with Crippen LogP contribution >= 0.6 is 11.6 Å². The van der Waals surface area contributed by atoms with Gasteiger partial charge in [-0.15, -0.1) is 0 Å². The Morgan fingerprint density at radius 1 is 1.57 bits per heavy atom. The van der Waals surface area contributed by atoms with Gasteiger partial charge in [-0.25, -0.2) is 4.98 Å². The summed E-state index contributed by atoms with van der Waals surface area (Å²) in [6.45, 7) is 4.03. The number of hydrogen-bond acceptors (Lipinski definition) is 3. The van der Waals surface area contributed by atoms with E-state index < -0.39 is 0 Å². The maximum absolute atomic E-state index is 8.89. The molecule has 1 aromatic heterocycles. The second kappa shape index (κ2) is 5.29. The predicted molar refractivity (Wildman–Crippen MR) is 57.3 cm³/mol. The van der Waals surface area contributed by atoms with Gasteiger partial charge in [-0.05, 0) is 19.9 Å². The van der Waals surface area contributed by atoms with Crippen molar-refractivity contribution in [1.29, 1.82) is 0 Å². The summed E-state index contributed by atoms with van der Waals surface area (Å²) < 4.78 is 0. The molecule has 1 heterocycles. The Kier molecular flexibility index (Phi) is 4.32. The smallest absolute Gasteiger partial charge is 0.133 e. The number of aromatic nitrogens is 1. The zero-order chi connectivity index (χ0) is 10.6. The molecule has 1 rings (SSSR count). The Morgan fingerprint density at radius 3 is 2.86 bits per heavy atom. The second-order valence-corrected chi connectivity index (χ2v) is 3.71. The molecule has 78 valence electrons. The molecule has 1 aromatic rings. The summed E-state index contributed by atoms with van der Waals surface area (Å²) >= 11 is 5.93. The van der Waals surface area contributed by atoms with Gasteiger partial charge in [0.1, 0.15) is 5.15 Å². The lowest BCUT2D eigenvalue weighted by Crippen LogP contribution is -2.31. The molecule has 2 atom stereocenters. The largest absolute Gasteiger partial charge is 0.395 e. The summed E-state index contributed by atoms with van der Waals surface area (Å²) in [7, 11) is 0. The zero-order valence-electron chi connectivity index (χ0n) is 8.37. The van der Waals surface area contributed by atoms with Crippen LogP contribution in [0.2, 0.25) is 5.15 Å². The molecule has 0 saturated carbocycles. The van der Waals surface area contributed by atoms with Gasteiger partial charge in [0.15, 0.2) is 0 Å². The molecule has 0 radical (unpaired) electrons. The van der Waals surface area contributed by atoms with E-state index >= 15 is 0 Å². The molecular weight excluding hydrogens is 200 g/mol. The highest BCUT2D eigenvalue weighted by Crippen LogP contribution is 2.19. The number of hydrogen-bond donors (Lipinski definition) is 2. The highest BCUT2D eigenvalue weighted by Gasteiger charge is 2.11. The van der Waals surface area contributed by atoms with Crippen LogP contribution in [-0.2, 0) is 0 Å². The summed E-state index contributed by atoms with van der Waals surface area (Å²) in [6.07, 6.45) is 1.66. The highest BCUT2D eigenvalue weighted by molar-refractivity contribution is 6.30. The van der Waals surface area contributed by atoms with Crippen LogP contribution in [0.3, 0.4) is 0 Å². The van der Waals surface area contributed by atoms with Crippen molar-refractivity contribution in [2.75, 3.05) is 6.61 Å².